The highest BCUT2D eigenvalue weighted by molar-refractivity contribution is 7.99. The summed E-state index contributed by atoms with van der Waals surface area (Å²) < 4.78 is 7.38. The second kappa shape index (κ2) is 7.16. The number of carbonyl (C=O) groups excluding carboxylic acids is 1. The minimum atomic E-state index is -0.222. The number of allylic oxidation sites excluding steroid dienone is 1. The molecule has 0 bridgehead atoms. The smallest absolute Gasteiger partial charge is 0.322 e. The van der Waals surface area contributed by atoms with Gasteiger partial charge in [0.05, 0.1) is 5.75 Å². The Hall–Kier alpha value is -2.16. The number of amides is 1. The van der Waals surface area contributed by atoms with Gasteiger partial charge in [-0.2, -0.15) is 0 Å². The normalized spacial score (nSPS) is 14.1. The van der Waals surface area contributed by atoms with Crippen LogP contribution in [0.2, 0.25) is 0 Å². The highest BCUT2D eigenvalue weighted by Gasteiger charge is 2.30. The minimum absolute atomic E-state index is 0.121. The number of hydrogen-bond donors (Lipinski definition) is 1. The summed E-state index contributed by atoms with van der Waals surface area (Å²) in [5.41, 5.74) is 0. The summed E-state index contributed by atoms with van der Waals surface area (Å²) in [5.74, 6) is 2.07. The zero-order chi connectivity index (χ0) is 17.1. The van der Waals surface area contributed by atoms with Gasteiger partial charge < -0.3 is 8.98 Å². The molecule has 1 aliphatic carbocycles. The number of nitrogens with zero attached hydrogens (tertiary/aromatic N) is 5. The molecule has 0 aromatic carbocycles. The third-order valence-corrected chi connectivity index (χ3v) is 4.48. The van der Waals surface area contributed by atoms with Crippen LogP contribution in [0.4, 0.5) is 6.01 Å². The van der Waals surface area contributed by atoms with Crippen molar-refractivity contribution in [1.29, 1.82) is 0 Å². The van der Waals surface area contributed by atoms with E-state index in [1.807, 2.05) is 24.5 Å². The highest BCUT2D eigenvalue weighted by atomic mass is 32.2. The predicted octanol–water partition coefficient (Wildman–Crippen LogP) is 2.58. The fourth-order valence-corrected chi connectivity index (χ4v) is 2.91. The number of aromatic nitrogens is 5. The van der Waals surface area contributed by atoms with Crippen molar-refractivity contribution < 1.29 is 9.21 Å². The van der Waals surface area contributed by atoms with E-state index in [-0.39, 0.29) is 23.6 Å². The van der Waals surface area contributed by atoms with E-state index in [4.69, 9.17) is 4.42 Å². The maximum absolute atomic E-state index is 12.0. The van der Waals surface area contributed by atoms with Crippen molar-refractivity contribution >= 4 is 23.7 Å². The fourth-order valence-electron chi connectivity index (χ4n) is 2.15. The van der Waals surface area contributed by atoms with Gasteiger partial charge in [0, 0.05) is 18.4 Å². The van der Waals surface area contributed by atoms with Crippen LogP contribution < -0.4 is 5.32 Å². The summed E-state index contributed by atoms with van der Waals surface area (Å²) in [6.07, 6.45) is 4.11. The molecule has 24 heavy (non-hydrogen) atoms. The molecule has 9 heteroatoms. The first-order valence-corrected chi connectivity index (χ1v) is 8.87. The summed E-state index contributed by atoms with van der Waals surface area (Å²) in [6.45, 7) is 8.30. The molecule has 128 valence electrons. The monoisotopic (exact) mass is 348 g/mol. The molecule has 1 fully saturated rings. The Balaban J connectivity index is 1.58. The highest BCUT2D eigenvalue weighted by Crippen LogP contribution is 2.40. The fraction of sp³-hybridized carbons (Fsp3) is 0.533. The molecule has 3 rings (SSSR count). The van der Waals surface area contributed by atoms with Crippen LogP contribution in [-0.4, -0.2) is 36.6 Å². The SMILES string of the molecule is C=CCn1c(SCC(=O)Nc2nnc(C(C)C)o2)nnc1C1CC1. The van der Waals surface area contributed by atoms with E-state index in [1.165, 1.54) is 11.8 Å². The number of carbonyl (C=O) groups is 1. The molecule has 0 aliphatic heterocycles. The largest absolute Gasteiger partial charge is 0.408 e. The van der Waals surface area contributed by atoms with Crippen molar-refractivity contribution in [3.8, 4) is 0 Å². The van der Waals surface area contributed by atoms with Gasteiger partial charge in [0.25, 0.3) is 0 Å². The van der Waals surface area contributed by atoms with Gasteiger partial charge in [-0.15, -0.1) is 21.9 Å². The zero-order valence-corrected chi connectivity index (χ0v) is 14.5. The maximum Gasteiger partial charge on any atom is 0.322 e. The van der Waals surface area contributed by atoms with Crippen LogP contribution in [0.1, 0.15) is 50.2 Å². The summed E-state index contributed by atoms with van der Waals surface area (Å²) in [4.78, 5) is 12.0. The molecule has 0 atom stereocenters. The van der Waals surface area contributed by atoms with Gasteiger partial charge in [-0.25, -0.2) is 0 Å². The van der Waals surface area contributed by atoms with Crippen LogP contribution in [0.5, 0.6) is 0 Å². The van der Waals surface area contributed by atoms with Gasteiger partial charge in [0.15, 0.2) is 5.16 Å². The molecule has 0 saturated heterocycles. The predicted molar refractivity (Wildman–Crippen MR) is 89.9 cm³/mol. The van der Waals surface area contributed by atoms with Crippen LogP contribution in [-0.2, 0) is 11.3 Å². The Morgan fingerprint density at radius 1 is 1.42 bits per heavy atom. The lowest BCUT2D eigenvalue weighted by Crippen LogP contribution is -2.15. The summed E-state index contributed by atoms with van der Waals surface area (Å²) in [5, 5.41) is 19.5. The van der Waals surface area contributed by atoms with E-state index >= 15 is 0 Å². The van der Waals surface area contributed by atoms with Gasteiger partial charge >= 0.3 is 6.01 Å². The van der Waals surface area contributed by atoms with Crippen LogP contribution in [0.15, 0.2) is 22.2 Å². The van der Waals surface area contributed by atoms with Crippen molar-refractivity contribution in [1.82, 2.24) is 25.0 Å². The van der Waals surface area contributed by atoms with Crippen molar-refractivity contribution in [2.75, 3.05) is 11.1 Å². The molecule has 1 aliphatic rings. The number of hydrogen-bond acceptors (Lipinski definition) is 7. The van der Waals surface area contributed by atoms with E-state index in [2.05, 4.69) is 32.3 Å². The molecule has 8 nitrogen and oxygen atoms in total. The Labute approximate surface area is 144 Å². The van der Waals surface area contributed by atoms with Crippen LogP contribution in [0.25, 0.3) is 0 Å². The summed E-state index contributed by atoms with van der Waals surface area (Å²) in [6, 6.07) is 0.121. The maximum atomic E-state index is 12.0. The number of thioether (sulfide) groups is 1. The minimum Gasteiger partial charge on any atom is -0.408 e. The number of anilines is 1. The van der Waals surface area contributed by atoms with Gasteiger partial charge in [-0.05, 0) is 12.8 Å². The first-order chi connectivity index (χ1) is 11.6. The first kappa shape index (κ1) is 16.7. The van der Waals surface area contributed by atoms with Gasteiger partial charge in [-0.1, -0.05) is 36.8 Å². The Kier molecular flexibility index (Phi) is 4.98. The average Bonchev–Trinajstić information content (AvgIpc) is 3.14. The Bertz CT molecular complexity index is 734. The summed E-state index contributed by atoms with van der Waals surface area (Å²) >= 11 is 1.33. The molecule has 1 N–H and O–H groups in total. The third-order valence-electron chi connectivity index (χ3n) is 3.51. The molecule has 0 spiro atoms. The quantitative estimate of drug-likeness (QED) is 0.578. The molecular weight excluding hydrogens is 328 g/mol. The van der Waals surface area contributed by atoms with Gasteiger partial charge in [-0.3, -0.25) is 10.1 Å². The van der Waals surface area contributed by atoms with Gasteiger partial charge in [0.2, 0.25) is 11.8 Å². The molecular formula is C15H20N6O2S. The Morgan fingerprint density at radius 2 is 2.21 bits per heavy atom. The summed E-state index contributed by atoms with van der Waals surface area (Å²) in [7, 11) is 0. The molecule has 1 saturated carbocycles. The van der Waals surface area contributed by atoms with E-state index in [1.54, 1.807) is 0 Å². The molecule has 2 aromatic heterocycles. The first-order valence-electron chi connectivity index (χ1n) is 7.88. The lowest BCUT2D eigenvalue weighted by molar-refractivity contribution is -0.113. The number of nitrogens with one attached hydrogen (secondary N) is 1. The molecule has 2 aromatic rings. The zero-order valence-electron chi connectivity index (χ0n) is 13.7. The Morgan fingerprint density at radius 3 is 2.83 bits per heavy atom. The van der Waals surface area contributed by atoms with E-state index in [9.17, 15) is 4.79 Å². The lowest BCUT2D eigenvalue weighted by Gasteiger charge is -2.06. The van der Waals surface area contributed by atoms with E-state index < -0.39 is 0 Å². The topological polar surface area (TPSA) is 98.7 Å². The van der Waals surface area contributed by atoms with Crippen LogP contribution in [0, 0.1) is 0 Å². The molecule has 2 heterocycles. The third kappa shape index (κ3) is 3.84. The van der Waals surface area contributed by atoms with Crippen molar-refractivity contribution in [2.24, 2.45) is 0 Å². The average molecular weight is 348 g/mol. The van der Waals surface area contributed by atoms with Crippen LogP contribution >= 0.6 is 11.8 Å². The second-order valence-corrected chi connectivity index (χ2v) is 6.89. The van der Waals surface area contributed by atoms with E-state index in [0.29, 0.717) is 18.4 Å². The number of rotatable bonds is 8. The lowest BCUT2D eigenvalue weighted by atomic mass is 10.2. The standard InChI is InChI=1S/C15H20N6O2S/c1-4-7-21-12(10-5-6-10)17-20-15(21)24-8-11(22)16-14-19-18-13(23-14)9(2)3/h4,9-10H,1,5-8H2,2-3H3,(H,16,19,22). The van der Waals surface area contributed by atoms with Gasteiger partial charge in [0.1, 0.15) is 5.82 Å². The molecule has 0 unspecified atom stereocenters. The van der Waals surface area contributed by atoms with E-state index in [0.717, 1.165) is 23.8 Å². The van der Waals surface area contributed by atoms with Crippen LogP contribution in [0.3, 0.4) is 0 Å². The van der Waals surface area contributed by atoms with Crippen molar-refractivity contribution in [3.05, 3.63) is 24.4 Å². The second-order valence-electron chi connectivity index (χ2n) is 5.95. The molecule has 0 radical (unpaired) electrons. The van der Waals surface area contributed by atoms with Crippen molar-refractivity contribution in [2.45, 2.75) is 50.2 Å². The van der Waals surface area contributed by atoms with Crippen molar-refractivity contribution in [3.63, 3.8) is 0 Å². The molecule has 1 amide bonds.